The maximum Gasteiger partial charge on any atom is 0.224 e. The normalized spacial score (nSPS) is 20.7. The summed E-state index contributed by atoms with van der Waals surface area (Å²) in [5.41, 5.74) is -0.215. The molecule has 0 bridgehead atoms. The van der Waals surface area contributed by atoms with Gasteiger partial charge in [0, 0.05) is 45.4 Å². The number of hydrogen-bond donors (Lipinski definition) is 1. The van der Waals surface area contributed by atoms with E-state index in [-0.39, 0.29) is 23.3 Å². The first-order chi connectivity index (χ1) is 10.6. The summed E-state index contributed by atoms with van der Waals surface area (Å²) in [5.74, 6) is 0.520. The van der Waals surface area contributed by atoms with Gasteiger partial charge in [0.1, 0.15) is 0 Å². The van der Waals surface area contributed by atoms with Crippen molar-refractivity contribution in [3.63, 3.8) is 0 Å². The molecule has 0 spiro atoms. The minimum Gasteiger partial charge on any atom is -0.385 e. The van der Waals surface area contributed by atoms with Crippen molar-refractivity contribution >= 4 is 11.8 Å². The van der Waals surface area contributed by atoms with E-state index >= 15 is 0 Å². The van der Waals surface area contributed by atoms with Gasteiger partial charge in [-0.3, -0.25) is 9.59 Å². The SMILES string of the molecule is COCCC(=O)N1CCC(CCOC)(NC(=O)C2CC2)CC1. The molecule has 2 amide bonds. The molecular weight excluding hydrogens is 284 g/mol. The first kappa shape index (κ1) is 17.2. The Morgan fingerprint density at radius 3 is 2.32 bits per heavy atom. The maximum absolute atomic E-state index is 12.1. The molecule has 1 saturated heterocycles. The van der Waals surface area contributed by atoms with E-state index in [4.69, 9.17) is 9.47 Å². The van der Waals surface area contributed by atoms with E-state index in [1.807, 2.05) is 4.90 Å². The second-order valence-corrected chi connectivity index (χ2v) is 6.41. The van der Waals surface area contributed by atoms with Crippen LogP contribution in [0, 0.1) is 5.92 Å². The van der Waals surface area contributed by atoms with Gasteiger partial charge >= 0.3 is 0 Å². The van der Waals surface area contributed by atoms with Crippen LogP contribution in [0.25, 0.3) is 0 Å². The van der Waals surface area contributed by atoms with Gasteiger partial charge in [-0.2, -0.15) is 0 Å². The molecule has 1 aliphatic carbocycles. The highest BCUT2D eigenvalue weighted by Gasteiger charge is 2.40. The van der Waals surface area contributed by atoms with E-state index in [9.17, 15) is 9.59 Å². The zero-order valence-corrected chi connectivity index (χ0v) is 13.7. The molecule has 1 aliphatic heterocycles. The molecule has 126 valence electrons. The topological polar surface area (TPSA) is 67.9 Å². The van der Waals surface area contributed by atoms with Gasteiger partial charge in [0.2, 0.25) is 11.8 Å². The number of likely N-dealkylation sites (tertiary alicyclic amines) is 1. The predicted octanol–water partition coefficient (Wildman–Crippen LogP) is 0.947. The average molecular weight is 312 g/mol. The van der Waals surface area contributed by atoms with E-state index in [1.54, 1.807) is 14.2 Å². The Bertz CT molecular complexity index is 388. The summed E-state index contributed by atoms with van der Waals surface area (Å²) in [7, 11) is 3.28. The van der Waals surface area contributed by atoms with Crippen LogP contribution in [0.5, 0.6) is 0 Å². The van der Waals surface area contributed by atoms with E-state index in [0.29, 0.717) is 32.7 Å². The summed E-state index contributed by atoms with van der Waals surface area (Å²) < 4.78 is 10.2. The molecule has 2 rings (SSSR count). The number of piperidine rings is 1. The van der Waals surface area contributed by atoms with Crippen molar-refractivity contribution in [2.45, 2.75) is 44.1 Å². The minimum atomic E-state index is -0.215. The quantitative estimate of drug-likeness (QED) is 0.724. The van der Waals surface area contributed by atoms with Crippen LogP contribution >= 0.6 is 0 Å². The number of amides is 2. The number of hydrogen-bond acceptors (Lipinski definition) is 4. The van der Waals surface area contributed by atoms with Crippen LogP contribution in [-0.4, -0.2) is 62.8 Å². The molecule has 1 N–H and O–H groups in total. The summed E-state index contributed by atoms with van der Waals surface area (Å²) in [4.78, 5) is 26.1. The van der Waals surface area contributed by atoms with Gasteiger partial charge in [-0.25, -0.2) is 0 Å². The molecule has 22 heavy (non-hydrogen) atoms. The second kappa shape index (κ2) is 7.92. The van der Waals surface area contributed by atoms with Crippen molar-refractivity contribution in [1.29, 1.82) is 0 Å². The zero-order valence-electron chi connectivity index (χ0n) is 13.7. The highest BCUT2D eigenvalue weighted by Crippen LogP contribution is 2.32. The number of nitrogens with zero attached hydrogens (tertiary/aromatic N) is 1. The Labute approximate surface area is 132 Å². The Kier molecular flexibility index (Phi) is 6.20. The monoisotopic (exact) mass is 312 g/mol. The maximum atomic E-state index is 12.1. The number of carbonyl (C=O) groups excluding carboxylic acids is 2. The van der Waals surface area contributed by atoms with E-state index < -0.39 is 0 Å². The molecule has 6 heteroatoms. The lowest BCUT2D eigenvalue weighted by Crippen LogP contribution is -2.57. The van der Waals surface area contributed by atoms with E-state index in [2.05, 4.69) is 5.32 Å². The summed E-state index contributed by atoms with van der Waals surface area (Å²) in [5, 5.41) is 3.25. The zero-order chi connectivity index (χ0) is 16.0. The lowest BCUT2D eigenvalue weighted by Gasteiger charge is -2.42. The summed E-state index contributed by atoms with van der Waals surface area (Å²) in [6.07, 6.45) is 4.85. The molecule has 0 atom stereocenters. The number of carbonyl (C=O) groups is 2. The molecular formula is C16H28N2O4. The number of methoxy groups -OCH3 is 2. The third-order valence-corrected chi connectivity index (χ3v) is 4.71. The Morgan fingerprint density at radius 2 is 1.77 bits per heavy atom. The van der Waals surface area contributed by atoms with Crippen molar-refractivity contribution in [3.05, 3.63) is 0 Å². The predicted molar refractivity (Wildman–Crippen MR) is 82.4 cm³/mol. The van der Waals surface area contributed by atoms with Gasteiger partial charge in [0.05, 0.1) is 13.0 Å². The summed E-state index contributed by atoms with van der Waals surface area (Å²) >= 11 is 0. The largest absolute Gasteiger partial charge is 0.385 e. The van der Waals surface area contributed by atoms with Crippen molar-refractivity contribution in [1.82, 2.24) is 10.2 Å². The van der Waals surface area contributed by atoms with Gasteiger partial charge in [0.15, 0.2) is 0 Å². The first-order valence-corrected chi connectivity index (χ1v) is 8.18. The van der Waals surface area contributed by atoms with Crippen molar-refractivity contribution in [3.8, 4) is 0 Å². The standard InChI is InChI=1S/C16H28N2O4/c1-21-11-5-14(19)18-9-6-16(7-10-18,8-12-22-2)17-15(20)13-3-4-13/h13H,3-12H2,1-2H3,(H,17,20). The highest BCUT2D eigenvalue weighted by molar-refractivity contribution is 5.81. The molecule has 1 saturated carbocycles. The van der Waals surface area contributed by atoms with E-state index in [1.165, 1.54) is 0 Å². The summed E-state index contributed by atoms with van der Waals surface area (Å²) in [6.45, 7) is 2.47. The molecule has 0 aromatic rings. The van der Waals surface area contributed by atoms with Crippen LogP contribution in [0.15, 0.2) is 0 Å². The van der Waals surface area contributed by atoms with Crippen molar-refractivity contribution in [2.24, 2.45) is 5.92 Å². The smallest absolute Gasteiger partial charge is 0.224 e. The van der Waals surface area contributed by atoms with Crippen molar-refractivity contribution in [2.75, 3.05) is 40.5 Å². The molecule has 6 nitrogen and oxygen atoms in total. The number of ether oxygens (including phenoxy) is 2. The Hall–Kier alpha value is -1.14. The van der Waals surface area contributed by atoms with Gasteiger partial charge in [-0.1, -0.05) is 0 Å². The third-order valence-electron chi connectivity index (χ3n) is 4.71. The molecule has 0 radical (unpaired) electrons. The fraction of sp³-hybridized carbons (Fsp3) is 0.875. The molecule has 2 fully saturated rings. The number of rotatable bonds is 8. The summed E-state index contributed by atoms with van der Waals surface area (Å²) in [6, 6.07) is 0. The van der Waals surface area contributed by atoms with Crippen LogP contribution in [0.2, 0.25) is 0 Å². The van der Waals surface area contributed by atoms with Gasteiger partial charge in [-0.15, -0.1) is 0 Å². The Morgan fingerprint density at radius 1 is 1.14 bits per heavy atom. The fourth-order valence-corrected chi connectivity index (χ4v) is 2.98. The lowest BCUT2D eigenvalue weighted by molar-refractivity contribution is -0.134. The molecule has 2 aliphatic rings. The Balaban J connectivity index is 1.88. The van der Waals surface area contributed by atoms with Gasteiger partial charge < -0.3 is 19.7 Å². The fourth-order valence-electron chi connectivity index (χ4n) is 2.98. The van der Waals surface area contributed by atoms with Crippen LogP contribution in [-0.2, 0) is 19.1 Å². The average Bonchev–Trinajstić information content (AvgIpc) is 3.36. The van der Waals surface area contributed by atoms with Crippen molar-refractivity contribution < 1.29 is 19.1 Å². The van der Waals surface area contributed by atoms with Crippen LogP contribution in [0.3, 0.4) is 0 Å². The lowest BCUT2D eigenvalue weighted by atomic mass is 9.84. The van der Waals surface area contributed by atoms with Crippen LogP contribution in [0.4, 0.5) is 0 Å². The second-order valence-electron chi connectivity index (χ2n) is 6.41. The van der Waals surface area contributed by atoms with Gasteiger partial charge in [0.25, 0.3) is 0 Å². The first-order valence-electron chi connectivity index (χ1n) is 8.18. The molecule has 0 unspecified atom stereocenters. The molecule has 1 heterocycles. The molecule has 0 aromatic carbocycles. The van der Waals surface area contributed by atoms with Crippen LogP contribution in [0.1, 0.15) is 38.5 Å². The van der Waals surface area contributed by atoms with Gasteiger partial charge in [-0.05, 0) is 32.1 Å². The minimum absolute atomic E-state index is 0.135. The highest BCUT2D eigenvalue weighted by atomic mass is 16.5. The van der Waals surface area contributed by atoms with E-state index in [0.717, 1.165) is 32.1 Å². The third kappa shape index (κ3) is 4.68. The van der Waals surface area contributed by atoms with Crippen LogP contribution < -0.4 is 5.32 Å². The molecule has 0 aromatic heterocycles. The number of nitrogens with one attached hydrogen (secondary N) is 1.